The molecule has 1 aliphatic heterocycles. The SMILES string of the molecule is CC1CC(C)(CO)CN1. The Kier molecular flexibility index (Phi) is 1.78. The van der Waals surface area contributed by atoms with Gasteiger partial charge in [-0.3, -0.25) is 0 Å². The highest BCUT2D eigenvalue weighted by atomic mass is 16.3. The van der Waals surface area contributed by atoms with Gasteiger partial charge in [-0.05, 0) is 13.3 Å². The molecule has 2 nitrogen and oxygen atoms in total. The fourth-order valence-electron chi connectivity index (χ4n) is 1.42. The van der Waals surface area contributed by atoms with Crippen LogP contribution in [0.3, 0.4) is 0 Å². The Morgan fingerprint density at radius 1 is 1.78 bits per heavy atom. The molecule has 0 radical (unpaired) electrons. The van der Waals surface area contributed by atoms with Crippen LogP contribution in [0.4, 0.5) is 0 Å². The fraction of sp³-hybridized carbons (Fsp3) is 1.00. The molecule has 0 spiro atoms. The summed E-state index contributed by atoms with van der Waals surface area (Å²) in [6.07, 6.45) is 1.10. The van der Waals surface area contributed by atoms with E-state index in [0.717, 1.165) is 13.0 Å². The zero-order valence-corrected chi connectivity index (χ0v) is 6.15. The van der Waals surface area contributed by atoms with Crippen molar-refractivity contribution in [3.63, 3.8) is 0 Å². The Labute approximate surface area is 56.3 Å². The Balaban J connectivity index is 2.45. The van der Waals surface area contributed by atoms with Gasteiger partial charge in [-0.15, -0.1) is 0 Å². The summed E-state index contributed by atoms with van der Waals surface area (Å²) in [6.45, 7) is 5.54. The van der Waals surface area contributed by atoms with Gasteiger partial charge in [0.2, 0.25) is 0 Å². The lowest BCUT2D eigenvalue weighted by Gasteiger charge is -2.18. The second-order valence-corrected chi connectivity index (χ2v) is 3.45. The molecule has 1 heterocycles. The second-order valence-electron chi connectivity index (χ2n) is 3.45. The van der Waals surface area contributed by atoms with Crippen LogP contribution in [-0.4, -0.2) is 24.3 Å². The first-order valence-electron chi connectivity index (χ1n) is 3.50. The molecular formula is C7H15NO. The van der Waals surface area contributed by atoms with Crippen molar-refractivity contribution in [2.24, 2.45) is 5.41 Å². The summed E-state index contributed by atoms with van der Waals surface area (Å²) in [5, 5.41) is 12.2. The molecule has 2 unspecified atom stereocenters. The molecule has 0 aromatic heterocycles. The third kappa shape index (κ3) is 1.43. The highest BCUT2D eigenvalue weighted by Gasteiger charge is 2.31. The van der Waals surface area contributed by atoms with Crippen molar-refractivity contribution in [2.75, 3.05) is 13.2 Å². The van der Waals surface area contributed by atoms with Crippen LogP contribution >= 0.6 is 0 Å². The molecule has 0 amide bonds. The normalized spacial score (nSPS) is 43.7. The maximum Gasteiger partial charge on any atom is 0.0497 e. The van der Waals surface area contributed by atoms with Crippen molar-refractivity contribution in [2.45, 2.75) is 26.3 Å². The van der Waals surface area contributed by atoms with Crippen molar-refractivity contribution in [3.05, 3.63) is 0 Å². The summed E-state index contributed by atoms with van der Waals surface area (Å²) >= 11 is 0. The standard InChI is InChI=1S/C7H15NO/c1-6-3-7(2,5-9)4-8-6/h6,8-9H,3-5H2,1-2H3. The summed E-state index contributed by atoms with van der Waals surface area (Å²) in [5.74, 6) is 0. The lowest BCUT2D eigenvalue weighted by Crippen LogP contribution is -2.24. The molecule has 0 aromatic carbocycles. The molecule has 9 heavy (non-hydrogen) atoms. The average Bonchev–Trinajstić information content (AvgIpc) is 2.13. The molecule has 0 aromatic rings. The van der Waals surface area contributed by atoms with Crippen LogP contribution in [0.1, 0.15) is 20.3 Å². The molecule has 2 N–H and O–H groups in total. The predicted octanol–water partition coefficient (Wildman–Crippen LogP) is 0.367. The van der Waals surface area contributed by atoms with Crippen LogP contribution in [0, 0.1) is 5.41 Å². The Bertz CT molecular complexity index is 105. The van der Waals surface area contributed by atoms with Gasteiger partial charge >= 0.3 is 0 Å². The number of aliphatic hydroxyl groups excluding tert-OH is 1. The second kappa shape index (κ2) is 2.27. The number of hydrogen-bond donors (Lipinski definition) is 2. The predicted molar refractivity (Wildman–Crippen MR) is 37.3 cm³/mol. The van der Waals surface area contributed by atoms with Gasteiger partial charge in [-0.1, -0.05) is 6.92 Å². The maximum atomic E-state index is 8.90. The molecule has 0 saturated carbocycles. The van der Waals surface area contributed by atoms with Crippen LogP contribution < -0.4 is 5.32 Å². The fourth-order valence-corrected chi connectivity index (χ4v) is 1.42. The lowest BCUT2D eigenvalue weighted by atomic mass is 9.89. The number of nitrogens with one attached hydrogen (secondary N) is 1. The number of aliphatic hydroxyl groups is 1. The highest BCUT2D eigenvalue weighted by Crippen LogP contribution is 2.26. The molecule has 2 atom stereocenters. The van der Waals surface area contributed by atoms with E-state index in [1.54, 1.807) is 0 Å². The zero-order valence-electron chi connectivity index (χ0n) is 6.15. The van der Waals surface area contributed by atoms with Crippen molar-refractivity contribution in [3.8, 4) is 0 Å². The van der Waals surface area contributed by atoms with Crippen LogP contribution in [0.2, 0.25) is 0 Å². The van der Waals surface area contributed by atoms with Gasteiger partial charge in [0.1, 0.15) is 0 Å². The molecule has 1 fully saturated rings. The Hall–Kier alpha value is -0.0800. The largest absolute Gasteiger partial charge is 0.396 e. The van der Waals surface area contributed by atoms with Gasteiger partial charge in [-0.2, -0.15) is 0 Å². The van der Waals surface area contributed by atoms with E-state index in [0.29, 0.717) is 12.6 Å². The minimum atomic E-state index is 0.152. The van der Waals surface area contributed by atoms with Crippen molar-refractivity contribution >= 4 is 0 Å². The molecular weight excluding hydrogens is 114 g/mol. The smallest absolute Gasteiger partial charge is 0.0497 e. The van der Waals surface area contributed by atoms with E-state index in [-0.39, 0.29) is 5.41 Å². The quantitative estimate of drug-likeness (QED) is 0.536. The molecule has 1 rings (SSSR count). The number of rotatable bonds is 1. The Morgan fingerprint density at radius 2 is 2.44 bits per heavy atom. The zero-order chi connectivity index (χ0) is 6.91. The van der Waals surface area contributed by atoms with Gasteiger partial charge in [0.15, 0.2) is 0 Å². The first kappa shape index (κ1) is 7.03. The minimum absolute atomic E-state index is 0.152. The molecule has 54 valence electrons. The van der Waals surface area contributed by atoms with Gasteiger partial charge in [0.05, 0.1) is 0 Å². The van der Waals surface area contributed by atoms with E-state index in [4.69, 9.17) is 5.11 Å². The molecule has 0 bridgehead atoms. The van der Waals surface area contributed by atoms with E-state index in [1.807, 2.05) is 0 Å². The molecule has 1 saturated heterocycles. The summed E-state index contributed by atoms with van der Waals surface area (Å²) in [7, 11) is 0. The van der Waals surface area contributed by atoms with Gasteiger partial charge in [0, 0.05) is 24.6 Å². The van der Waals surface area contributed by atoms with Crippen molar-refractivity contribution in [1.82, 2.24) is 5.32 Å². The summed E-state index contributed by atoms with van der Waals surface area (Å²) in [4.78, 5) is 0. The highest BCUT2D eigenvalue weighted by molar-refractivity contribution is 4.87. The topological polar surface area (TPSA) is 32.3 Å². The average molecular weight is 129 g/mol. The molecule has 1 aliphatic rings. The lowest BCUT2D eigenvalue weighted by molar-refractivity contribution is 0.158. The van der Waals surface area contributed by atoms with Crippen LogP contribution in [0.5, 0.6) is 0 Å². The molecule has 0 aliphatic carbocycles. The van der Waals surface area contributed by atoms with E-state index >= 15 is 0 Å². The van der Waals surface area contributed by atoms with Crippen molar-refractivity contribution in [1.29, 1.82) is 0 Å². The third-order valence-electron chi connectivity index (χ3n) is 2.06. The number of hydrogen-bond acceptors (Lipinski definition) is 2. The summed E-state index contributed by atoms with van der Waals surface area (Å²) in [5.41, 5.74) is 0.152. The first-order chi connectivity index (χ1) is 4.16. The van der Waals surface area contributed by atoms with E-state index < -0.39 is 0 Å². The minimum Gasteiger partial charge on any atom is -0.396 e. The van der Waals surface area contributed by atoms with Gasteiger partial charge in [0.25, 0.3) is 0 Å². The maximum absolute atomic E-state index is 8.90. The third-order valence-corrected chi connectivity index (χ3v) is 2.06. The first-order valence-corrected chi connectivity index (χ1v) is 3.50. The monoisotopic (exact) mass is 129 g/mol. The van der Waals surface area contributed by atoms with E-state index in [2.05, 4.69) is 19.2 Å². The summed E-state index contributed by atoms with van der Waals surface area (Å²) in [6, 6.07) is 0.585. The van der Waals surface area contributed by atoms with Gasteiger partial charge < -0.3 is 10.4 Å². The van der Waals surface area contributed by atoms with Crippen LogP contribution in [0.25, 0.3) is 0 Å². The van der Waals surface area contributed by atoms with Gasteiger partial charge in [-0.25, -0.2) is 0 Å². The van der Waals surface area contributed by atoms with E-state index in [9.17, 15) is 0 Å². The van der Waals surface area contributed by atoms with E-state index in [1.165, 1.54) is 0 Å². The summed E-state index contributed by atoms with van der Waals surface area (Å²) < 4.78 is 0. The van der Waals surface area contributed by atoms with Crippen LogP contribution in [-0.2, 0) is 0 Å². The molecule has 2 heteroatoms. The Morgan fingerprint density at radius 3 is 2.67 bits per heavy atom. The van der Waals surface area contributed by atoms with Crippen LogP contribution in [0.15, 0.2) is 0 Å². The van der Waals surface area contributed by atoms with Crippen molar-refractivity contribution < 1.29 is 5.11 Å².